The molecule has 0 radical (unpaired) electrons. The zero-order valence-electron chi connectivity index (χ0n) is 9.75. The summed E-state index contributed by atoms with van der Waals surface area (Å²) in [6, 6.07) is 10.9. The molecular formula is C13H9BrN4O. The van der Waals surface area contributed by atoms with E-state index in [-0.39, 0.29) is 0 Å². The van der Waals surface area contributed by atoms with Crippen LogP contribution in [0, 0.1) is 0 Å². The van der Waals surface area contributed by atoms with E-state index in [1.807, 2.05) is 36.4 Å². The van der Waals surface area contributed by atoms with Gasteiger partial charge in [0.1, 0.15) is 0 Å². The molecule has 0 aliphatic rings. The van der Waals surface area contributed by atoms with E-state index in [0.29, 0.717) is 5.65 Å². The molecule has 2 aromatic heterocycles. The molecular weight excluding hydrogens is 308 g/mol. The lowest BCUT2D eigenvalue weighted by Gasteiger charge is -2.05. The van der Waals surface area contributed by atoms with Gasteiger partial charge in [0.2, 0.25) is 0 Å². The summed E-state index contributed by atoms with van der Waals surface area (Å²) in [5.41, 5.74) is 7.41. The lowest BCUT2D eigenvalue weighted by atomic mass is 10.1. The fourth-order valence-electron chi connectivity index (χ4n) is 1.89. The molecule has 94 valence electrons. The van der Waals surface area contributed by atoms with E-state index in [1.54, 1.807) is 6.20 Å². The summed E-state index contributed by atoms with van der Waals surface area (Å²) in [7, 11) is 0. The lowest BCUT2D eigenvalue weighted by Crippen LogP contribution is -2.20. The summed E-state index contributed by atoms with van der Waals surface area (Å²) in [6.07, 6.45) is 1.56. The van der Waals surface area contributed by atoms with Crippen LogP contribution in [0.2, 0.25) is 0 Å². The minimum absolute atomic E-state index is 0.453. The number of nitrogens with two attached hydrogens (primary N) is 1. The van der Waals surface area contributed by atoms with Gasteiger partial charge in [0, 0.05) is 15.4 Å². The lowest BCUT2D eigenvalue weighted by molar-refractivity contribution is 0.248. The van der Waals surface area contributed by atoms with E-state index >= 15 is 0 Å². The zero-order chi connectivity index (χ0) is 13.4. The molecule has 0 saturated carbocycles. The van der Waals surface area contributed by atoms with Crippen LogP contribution in [0.3, 0.4) is 0 Å². The highest BCUT2D eigenvalue weighted by molar-refractivity contribution is 9.10. The Labute approximate surface area is 117 Å². The van der Waals surface area contributed by atoms with Crippen LogP contribution in [0.4, 0.5) is 4.79 Å². The quantitative estimate of drug-likeness (QED) is 0.750. The van der Waals surface area contributed by atoms with Gasteiger partial charge in [-0.2, -0.15) is 9.78 Å². The zero-order valence-corrected chi connectivity index (χ0v) is 11.3. The maximum atomic E-state index is 11.3. The van der Waals surface area contributed by atoms with Gasteiger partial charge in [0.05, 0.1) is 11.9 Å². The number of carbonyl (C=O) groups excluding carboxylic acids is 1. The van der Waals surface area contributed by atoms with Gasteiger partial charge in [-0.25, -0.2) is 9.78 Å². The van der Waals surface area contributed by atoms with Crippen molar-refractivity contribution in [2.24, 2.45) is 5.73 Å². The average Bonchev–Trinajstić information content (AvgIpc) is 2.81. The third-order valence-corrected chi connectivity index (χ3v) is 3.36. The molecule has 19 heavy (non-hydrogen) atoms. The van der Waals surface area contributed by atoms with Gasteiger partial charge < -0.3 is 5.73 Å². The number of amides is 1. The summed E-state index contributed by atoms with van der Waals surface area (Å²) in [5, 5.41) is 4.68. The van der Waals surface area contributed by atoms with Crippen molar-refractivity contribution >= 4 is 33.0 Å². The van der Waals surface area contributed by atoms with Crippen LogP contribution in [0.15, 0.2) is 47.1 Å². The van der Waals surface area contributed by atoms with Crippen molar-refractivity contribution in [1.82, 2.24) is 14.8 Å². The monoisotopic (exact) mass is 316 g/mol. The summed E-state index contributed by atoms with van der Waals surface area (Å²) >= 11 is 3.48. The second-order valence-corrected chi connectivity index (χ2v) is 4.85. The highest BCUT2D eigenvalue weighted by Crippen LogP contribution is 2.29. The predicted octanol–water partition coefficient (Wildman–Crippen LogP) is 2.79. The van der Waals surface area contributed by atoms with Gasteiger partial charge in [-0.15, -0.1) is 0 Å². The molecule has 0 bridgehead atoms. The van der Waals surface area contributed by atoms with Crippen LogP contribution in [-0.2, 0) is 0 Å². The normalized spacial score (nSPS) is 10.8. The van der Waals surface area contributed by atoms with Crippen LogP contribution in [0.25, 0.3) is 22.3 Å². The molecule has 1 amide bonds. The molecule has 0 spiro atoms. The van der Waals surface area contributed by atoms with Crippen LogP contribution < -0.4 is 5.73 Å². The number of carbonyl (C=O) groups is 1. The minimum atomic E-state index is -0.649. The van der Waals surface area contributed by atoms with Crippen molar-refractivity contribution in [2.75, 3.05) is 0 Å². The minimum Gasteiger partial charge on any atom is -0.350 e. The van der Waals surface area contributed by atoms with E-state index in [1.165, 1.54) is 0 Å². The molecule has 0 aliphatic heterocycles. The van der Waals surface area contributed by atoms with E-state index < -0.39 is 6.03 Å². The van der Waals surface area contributed by atoms with Crippen molar-refractivity contribution in [1.29, 1.82) is 0 Å². The van der Waals surface area contributed by atoms with Crippen molar-refractivity contribution < 1.29 is 4.79 Å². The topological polar surface area (TPSA) is 73.8 Å². The summed E-state index contributed by atoms with van der Waals surface area (Å²) in [6.45, 7) is 0. The largest absolute Gasteiger partial charge is 0.350 e. The molecule has 6 heteroatoms. The molecule has 0 unspecified atom stereocenters. The van der Waals surface area contributed by atoms with Crippen molar-refractivity contribution in [3.8, 4) is 11.3 Å². The van der Waals surface area contributed by atoms with E-state index in [9.17, 15) is 4.79 Å². The molecule has 0 atom stereocenters. The number of hydrogen-bond donors (Lipinski definition) is 1. The van der Waals surface area contributed by atoms with E-state index in [4.69, 9.17) is 5.73 Å². The Morgan fingerprint density at radius 2 is 2.00 bits per heavy atom. The van der Waals surface area contributed by atoms with Gasteiger partial charge >= 0.3 is 6.03 Å². The highest BCUT2D eigenvalue weighted by Gasteiger charge is 2.13. The SMILES string of the molecule is NC(=O)n1ncc2cc(Br)c(-c3ccccc3)nc21. The van der Waals surface area contributed by atoms with E-state index in [0.717, 1.165) is 25.8 Å². The number of nitrogens with zero attached hydrogens (tertiary/aromatic N) is 3. The second kappa shape index (κ2) is 4.47. The van der Waals surface area contributed by atoms with Crippen molar-refractivity contribution in [2.45, 2.75) is 0 Å². The number of benzene rings is 1. The number of hydrogen-bond acceptors (Lipinski definition) is 3. The first kappa shape index (κ1) is 11.9. The molecule has 3 rings (SSSR count). The Kier molecular flexibility index (Phi) is 2.79. The smallest absolute Gasteiger partial charge is 0.341 e. The summed E-state index contributed by atoms with van der Waals surface area (Å²) in [5.74, 6) is 0. The molecule has 3 aromatic rings. The highest BCUT2D eigenvalue weighted by atomic mass is 79.9. The number of primary amides is 1. The first-order valence-corrected chi connectivity index (χ1v) is 6.35. The third kappa shape index (κ3) is 2.00. The van der Waals surface area contributed by atoms with Gasteiger partial charge in [-0.05, 0) is 22.0 Å². The maximum Gasteiger partial charge on any atom is 0.341 e. The average molecular weight is 317 g/mol. The number of rotatable bonds is 1. The fraction of sp³-hybridized carbons (Fsp3) is 0. The van der Waals surface area contributed by atoms with Crippen molar-refractivity contribution in [3.05, 3.63) is 47.1 Å². The second-order valence-electron chi connectivity index (χ2n) is 3.99. The number of fused-ring (bicyclic) bond motifs is 1. The van der Waals surface area contributed by atoms with Gasteiger partial charge in [0.15, 0.2) is 5.65 Å². The Balaban J connectivity index is 2.28. The van der Waals surface area contributed by atoms with Crippen LogP contribution >= 0.6 is 15.9 Å². The van der Waals surface area contributed by atoms with Crippen LogP contribution in [0.5, 0.6) is 0 Å². The molecule has 2 heterocycles. The predicted molar refractivity (Wildman–Crippen MR) is 75.6 cm³/mol. The Morgan fingerprint density at radius 1 is 1.26 bits per heavy atom. The summed E-state index contributed by atoms with van der Waals surface area (Å²) < 4.78 is 1.93. The molecule has 5 nitrogen and oxygen atoms in total. The molecule has 0 fully saturated rings. The Bertz CT molecular complexity index is 767. The number of pyridine rings is 1. The van der Waals surface area contributed by atoms with Crippen molar-refractivity contribution in [3.63, 3.8) is 0 Å². The molecule has 1 aromatic carbocycles. The van der Waals surface area contributed by atoms with Crippen LogP contribution in [0.1, 0.15) is 0 Å². The Morgan fingerprint density at radius 3 is 2.68 bits per heavy atom. The standard InChI is InChI=1S/C13H9BrN4O/c14-10-6-9-7-16-18(13(15)19)12(9)17-11(10)8-4-2-1-3-5-8/h1-7H,(H2,15,19). The first-order chi connectivity index (χ1) is 9.16. The van der Waals surface area contributed by atoms with Gasteiger partial charge in [-0.1, -0.05) is 30.3 Å². The fourth-order valence-corrected chi connectivity index (χ4v) is 2.46. The third-order valence-electron chi connectivity index (χ3n) is 2.75. The Hall–Kier alpha value is -2.21. The number of aromatic nitrogens is 3. The van der Waals surface area contributed by atoms with Gasteiger partial charge in [0.25, 0.3) is 0 Å². The molecule has 2 N–H and O–H groups in total. The number of halogens is 1. The van der Waals surface area contributed by atoms with Gasteiger partial charge in [-0.3, -0.25) is 0 Å². The maximum absolute atomic E-state index is 11.3. The molecule has 0 saturated heterocycles. The summed E-state index contributed by atoms with van der Waals surface area (Å²) in [4.78, 5) is 15.8. The van der Waals surface area contributed by atoms with E-state index in [2.05, 4.69) is 26.0 Å². The van der Waals surface area contributed by atoms with Crippen LogP contribution in [-0.4, -0.2) is 20.8 Å². The molecule has 0 aliphatic carbocycles. The first-order valence-electron chi connectivity index (χ1n) is 5.56.